The van der Waals surface area contributed by atoms with Crippen molar-refractivity contribution < 1.29 is 27.1 Å². The van der Waals surface area contributed by atoms with Crippen molar-refractivity contribution >= 4 is 17.7 Å². The molecule has 0 aliphatic carbocycles. The van der Waals surface area contributed by atoms with Gasteiger partial charge in [0, 0.05) is 25.2 Å². The number of aromatic nitrogens is 2. The molecule has 5 rings (SSSR count). The SMILES string of the molecule is COc1ccc(CNc2nc3c(c(=O)n2-c2ccccc2)CN(C(=O)Nc2ccc(F)c(C(F)(F)F)c2)CC3)cc1. The number of rotatable bonds is 6. The predicted octanol–water partition coefficient (Wildman–Crippen LogP) is 5.60. The average Bonchev–Trinajstić information content (AvgIpc) is 2.97. The van der Waals surface area contributed by atoms with Crippen molar-refractivity contribution in [2.75, 3.05) is 24.3 Å². The number of alkyl halides is 3. The quantitative estimate of drug-likeness (QED) is 0.296. The van der Waals surface area contributed by atoms with E-state index in [4.69, 9.17) is 9.72 Å². The zero-order valence-electron chi connectivity index (χ0n) is 21.8. The third-order valence-corrected chi connectivity index (χ3v) is 6.66. The number of urea groups is 1. The molecule has 41 heavy (non-hydrogen) atoms. The monoisotopic (exact) mass is 567 g/mol. The van der Waals surface area contributed by atoms with Gasteiger partial charge in [-0.2, -0.15) is 13.2 Å². The Morgan fingerprint density at radius 3 is 2.46 bits per heavy atom. The normalized spacial score (nSPS) is 13.0. The van der Waals surface area contributed by atoms with Crippen molar-refractivity contribution in [3.63, 3.8) is 0 Å². The van der Waals surface area contributed by atoms with Gasteiger partial charge in [-0.05, 0) is 48.0 Å². The molecule has 0 atom stereocenters. The van der Waals surface area contributed by atoms with E-state index in [2.05, 4.69) is 10.6 Å². The van der Waals surface area contributed by atoms with Crippen LogP contribution in [-0.4, -0.2) is 34.1 Å². The van der Waals surface area contributed by atoms with Crippen LogP contribution in [0.5, 0.6) is 5.75 Å². The van der Waals surface area contributed by atoms with Gasteiger partial charge in [-0.3, -0.25) is 4.79 Å². The molecule has 0 radical (unpaired) electrons. The van der Waals surface area contributed by atoms with Gasteiger partial charge in [-0.1, -0.05) is 30.3 Å². The molecule has 4 aromatic rings. The molecule has 0 unspecified atom stereocenters. The molecule has 2 amide bonds. The molecule has 0 fully saturated rings. The van der Waals surface area contributed by atoms with Gasteiger partial charge in [0.05, 0.1) is 36.2 Å². The summed E-state index contributed by atoms with van der Waals surface area (Å²) in [6, 6.07) is 17.9. The fourth-order valence-electron chi connectivity index (χ4n) is 4.53. The van der Waals surface area contributed by atoms with Crippen molar-refractivity contribution in [1.82, 2.24) is 14.5 Å². The summed E-state index contributed by atoms with van der Waals surface area (Å²) in [5.41, 5.74) is 0.241. The average molecular weight is 568 g/mol. The van der Waals surface area contributed by atoms with Gasteiger partial charge in [0.25, 0.3) is 5.56 Å². The van der Waals surface area contributed by atoms with Crippen molar-refractivity contribution in [1.29, 1.82) is 0 Å². The minimum absolute atomic E-state index is 0.105. The van der Waals surface area contributed by atoms with E-state index in [0.717, 1.165) is 17.4 Å². The number of benzene rings is 3. The molecule has 8 nitrogen and oxygen atoms in total. The Labute approximate surface area is 232 Å². The number of para-hydroxylation sites is 1. The van der Waals surface area contributed by atoms with Crippen LogP contribution in [0.15, 0.2) is 77.6 Å². The first-order chi connectivity index (χ1) is 19.6. The fourth-order valence-corrected chi connectivity index (χ4v) is 4.53. The lowest BCUT2D eigenvalue weighted by Gasteiger charge is -2.29. The number of halogens is 4. The molecular formula is C29H25F4N5O3. The topological polar surface area (TPSA) is 88.5 Å². The van der Waals surface area contributed by atoms with Crippen LogP contribution in [0, 0.1) is 5.82 Å². The first-order valence-electron chi connectivity index (χ1n) is 12.6. The third kappa shape index (κ3) is 6.01. The van der Waals surface area contributed by atoms with E-state index in [1.807, 2.05) is 30.3 Å². The summed E-state index contributed by atoms with van der Waals surface area (Å²) in [6.45, 7) is 0.450. The van der Waals surface area contributed by atoms with E-state index < -0.39 is 23.6 Å². The predicted molar refractivity (Wildman–Crippen MR) is 145 cm³/mol. The summed E-state index contributed by atoms with van der Waals surface area (Å²) >= 11 is 0. The van der Waals surface area contributed by atoms with Gasteiger partial charge < -0.3 is 20.3 Å². The van der Waals surface area contributed by atoms with E-state index in [1.165, 1.54) is 9.47 Å². The van der Waals surface area contributed by atoms with Gasteiger partial charge in [0.15, 0.2) is 0 Å². The van der Waals surface area contributed by atoms with Crippen LogP contribution in [0.2, 0.25) is 0 Å². The van der Waals surface area contributed by atoms with E-state index in [0.29, 0.717) is 41.6 Å². The molecule has 3 aromatic carbocycles. The molecule has 212 valence electrons. The second-order valence-electron chi connectivity index (χ2n) is 9.33. The Hall–Kier alpha value is -4.87. The number of hydrogen-bond donors (Lipinski definition) is 2. The number of nitrogens with zero attached hydrogens (tertiary/aromatic N) is 3. The first-order valence-corrected chi connectivity index (χ1v) is 12.6. The summed E-state index contributed by atoms with van der Waals surface area (Å²) in [5.74, 6) is -0.387. The van der Waals surface area contributed by atoms with Gasteiger partial charge in [-0.25, -0.2) is 18.7 Å². The smallest absolute Gasteiger partial charge is 0.419 e. The fraction of sp³-hybridized carbons (Fsp3) is 0.207. The van der Waals surface area contributed by atoms with Gasteiger partial charge in [-0.15, -0.1) is 0 Å². The summed E-state index contributed by atoms with van der Waals surface area (Å²) in [6.07, 6.45) is -4.66. The molecule has 2 N–H and O–H groups in total. The van der Waals surface area contributed by atoms with Crippen LogP contribution in [-0.2, 0) is 25.7 Å². The standard InChI is InChI=1S/C29H25F4N5O3/c1-41-21-10-7-18(8-11-21)16-34-27-36-25-13-14-37(17-22(25)26(39)38(27)20-5-3-2-4-6-20)28(40)35-19-9-12-24(30)23(15-19)29(31,32)33/h2-12,15H,13-14,16-17H2,1H3,(H,34,36)(H,35,40). The molecule has 0 saturated carbocycles. The zero-order valence-corrected chi connectivity index (χ0v) is 21.8. The minimum atomic E-state index is -4.91. The highest BCUT2D eigenvalue weighted by Gasteiger charge is 2.34. The molecule has 2 heterocycles. The molecule has 0 spiro atoms. The lowest BCUT2D eigenvalue weighted by molar-refractivity contribution is -0.139. The minimum Gasteiger partial charge on any atom is -0.497 e. The molecule has 1 aromatic heterocycles. The highest BCUT2D eigenvalue weighted by Crippen LogP contribution is 2.33. The lowest BCUT2D eigenvalue weighted by Crippen LogP contribution is -2.43. The first kappa shape index (κ1) is 27.7. The summed E-state index contributed by atoms with van der Waals surface area (Å²) in [7, 11) is 1.58. The Kier molecular flexibility index (Phi) is 7.64. The van der Waals surface area contributed by atoms with E-state index in [1.54, 1.807) is 31.4 Å². The molecule has 1 aliphatic rings. The highest BCUT2D eigenvalue weighted by molar-refractivity contribution is 5.89. The zero-order chi connectivity index (χ0) is 29.1. The van der Waals surface area contributed by atoms with Gasteiger partial charge >= 0.3 is 12.2 Å². The number of amides is 2. The number of hydrogen-bond acceptors (Lipinski definition) is 5. The van der Waals surface area contributed by atoms with Crippen molar-refractivity contribution in [3.8, 4) is 11.4 Å². The molecule has 1 aliphatic heterocycles. The Morgan fingerprint density at radius 2 is 1.78 bits per heavy atom. The molecule has 0 saturated heterocycles. The van der Waals surface area contributed by atoms with E-state index in [9.17, 15) is 27.2 Å². The number of anilines is 2. The van der Waals surface area contributed by atoms with Gasteiger partial charge in [0.2, 0.25) is 5.95 Å². The number of methoxy groups -OCH3 is 1. The second kappa shape index (κ2) is 11.3. The molecular weight excluding hydrogens is 542 g/mol. The van der Waals surface area contributed by atoms with Crippen LogP contribution in [0.1, 0.15) is 22.4 Å². The Bertz CT molecular complexity index is 1620. The number of fused-ring (bicyclic) bond motifs is 1. The summed E-state index contributed by atoms with van der Waals surface area (Å²) in [4.78, 5) is 32.8. The van der Waals surface area contributed by atoms with Crippen LogP contribution < -0.4 is 20.9 Å². The van der Waals surface area contributed by atoms with Crippen LogP contribution in [0.3, 0.4) is 0 Å². The lowest BCUT2D eigenvalue weighted by atomic mass is 10.1. The maximum Gasteiger partial charge on any atom is 0.419 e. The number of nitrogens with one attached hydrogen (secondary N) is 2. The van der Waals surface area contributed by atoms with Crippen molar-refractivity contribution in [2.45, 2.75) is 25.7 Å². The number of carbonyl (C=O) groups excluding carboxylic acids is 1. The summed E-state index contributed by atoms with van der Waals surface area (Å²) < 4.78 is 59.6. The second-order valence-corrected chi connectivity index (χ2v) is 9.33. The maximum atomic E-state index is 13.8. The van der Waals surface area contributed by atoms with Crippen LogP contribution >= 0.6 is 0 Å². The molecule has 12 heteroatoms. The number of ether oxygens (including phenoxy) is 1. The van der Waals surface area contributed by atoms with E-state index >= 15 is 0 Å². The van der Waals surface area contributed by atoms with Crippen molar-refractivity contribution in [2.24, 2.45) is 0 Å². The van der Waals surface area contributed by atoms with Crippen molar-refractivity contribution in [3.05, 3.63) is 111 Å². The van der Waals surface area contributed by atoms with Crippen LogP contribution in [0.4, 0.5) is 34.0 Å². The Morgan fingerprint density at radius 1 is 1.05 bits per heavy atom. The maximum absolute atomic E-state index is 13.8. The largest absolute Gasteiger partial charge is 0.497 e. The Balaban J connectivity index is 1.41. The van der Waals surface area contributed by atoms with Crippen LogP contribution in [0.25, 0.3) is 5.69 Å². The highest BCUT2D eigenvalue weighted by atomic mass is 19.4. The summed E-state index contributed by atoms with van der Waals surface area (Å²) in [5, 5.41) is 5.62. The van der Waals surface area contributed by atoms with E-state index in [-0.39, 0.29) is 30.8 Å². The van der Waals surface area contributed by atoms with Gasteiger partial charge in [0.1, 0.15) is 11.6 Å². The number of carbonyl (C=O) groups is 1. The molecule has 0 bridgehead atoms. The third-order valence-electron chi connectivity index (χ3n) is 6.66.